The van der Waals surface area contributed by atoms with Gasteiger partial charge in [-0.2, -0.15) is 0 Å². The van der Waals surface area contributed by atoms with Gasteiger partial charge in [-0.15, -0.1) is 0 Å². The molecule has 0 radical (unpaired) electrons. The average Bonchev–Trinajstić information content (AvgIpc) is 3.06. The molecule has 0 bridgehead atoms. The molecule has 1 amide bonds. The van der Waals surface area contributed by atoms with Gasteiger partial charge in [0.1, 0.15) is 5.75 Å². The van der Waals surface area contributed by atoms with Crippen molar-refractivity contribution in [2.45, 2.75) is 34.2 Å². The van der Waals surface area contributed by atoms with Crippen molar-refractivity contribution < 1.29 is 19.1 Å². The molecule has 32 heavy (non-hydrogen) atoms. The number of anilines is 1. The minimum absolute atomic E-state index is 0.0548. The second-order valence-electron chi connectivity index (χ2n) is 7.74. The lowest BCUT2D eigenvalue weighted by molar-refractivity contribution is -0.126. The van der Waals surface area contributed by atoms with E-state index in [1.54, 1.807) is 26.2 Å². The molecule has 3 rings (SSSR count). The predicted molar refractivity (Wildman–Crippen MR) is 126 cm³/mol. The minimum Gasteiger partial charge on any atom is -0.495 e. The van der Waals surface area contributed by atoms with Crippen molar-refractivity contribution in [3.05, 3.63) is 52.9 Å². The number of carbonyl (C=O) groups excluding carboxylic acids is 2. The number of piperazine rings is 1. The third-order valence-electron chi connectivity index (χ3n) is 6.04. The quantitative estimate of drug-likeness (QED) is 0.487. The van der Waals surface area contributed by atoms with E-state index in [-0.39, 0.29) is 11.9 Å². The number of para-hydroxylation sites is 2. The van der Waals surface area contributed by atoms with Gasteiger partial charge in [-0.3, -0.25) is 4.79 Å². The zero-order valence-electron chi connectivity index (χ0n) is 19.7. The van der Waals surface area contributed by atoms with E-state index in [0.29, 0.717) is 25.3 Å². The zero-order chi connectivity index (χ0) is 23.3. The molecule has 0 spiro atoms. The van der Waals surface area contributed by atoms with Crippen LogP contribution in [-0.2, 0) is 16.1 Å². The van der Waals surface area contributed by atoms with Crippen LogP contribution < -0.4 is 9.64 Å². The molecular weight excluding hydrogens is 406 g/mol. The molecule has 7 heteroatoms. The average molecular weight is 440 g/mol. The van der Waals surface area contributed by atoms with E-state index in [1.165, 1.54) is 0 Å². The molecule has 0 unspecified atom stereocenters. The van der Waals surface area contributed by atoms with Crippen molar-refractivity contribution in [3.8, 4) is 5.75 Å². The van der Waals surface area contributed by atoms with Crippen LogP contribution in [0.4, 0.5) is 5.69 Å². The van der Waals surface area contributed by atoms with Gasteiger partial charge in [0.2, 0.25) is 5.91 Å². The molecule has 0 saturated carbocycles. The number of aromatic nitrogens is 1. The first kappa shape index (κ1) is 23.4. The molecule has 0 N–H and O–H groups in total. The molecule has 1 aromatic carbocycles. The van der Waals surface area contributed by atoms with Crippen LogP contribution in [0.15, 0.2) is 30.3 Å². The highest BCUT2D eigenvalue weighted by Gasteiger charge is 2.24. The summed E-state index contributed by atoms with van der Waals surface area (Å²) in [7, 11) is 1.67. The molecule has 0 atom stereocenters. The summed E-state index contributed by atoms with van der Waals surface area (Å²) in [5, 5.41) is 0. The van der Waals surface area contributed by atoms with Crippen molar-refractivity contribution in [1.82, 2.24) is 9.47 Å². The van der Waals surface area contributed by atoms with Crippen LogP contribution in [-0.4, -0.2) is 61.2 Å². The predicted octanol–water partition coefficient (Wildman–Crippen LogP) is 3.67. The highest BCUT2D eigenvalue weighted by atomic mass is 16.5. The zero-order valence-corrected chi connectivity index (χ0v) is 19.7. The van der Waals surface area contributed by atoms with Crippen LogP contribution in [0.2, 0.25) is 0 Å². The van der Waals surface area contributed by atoms with Gasteiger partial charge in [-0.25, -0.2) is 4.79 Å². The molecule has 1 aromatic heterocycles. The summed E-state index contributed by atoms with van der Waals surface area (Å²) in [6.07, 6.45) is 3.33. The number of esters is 1. The lowest BCUT2D eigenvalue weighted by Crippen LogP contribution is -2.48. The molecule has 1 aliphatic heterocycles. The van der Waals surface area contributed by atoms with Gasteiger partial charge in [-0.1, -0.05) is 12.1 Å². The third-order valence-corrected chi connectivity index (χ3v) is 6.04. The first-order valence-electron chi connectivity index (χ1n) is 11.1. The summed E-state index contributed by atoms with van der Waals surface area (Å²) in [6.45, 7) is 11.5. The van der Waals surface area contributed by atoms with Crippen LogP contribution in [0.3, 0.4) is 0 Å². The maximum Gasteiger partial charge on any atom is 0.340 e. The van der Waals surface area contributed by atoms with Crippen LogP contribution in [0.5, 0.6) is 5.75 Å². The molecule has 1 aliphatic rings. The van der Waals surface area contributed by atoms with Gasteiger partial charge in [0.15, 0.2) is 0 Å². The van der Waals surface area contributed by atoms with Gasteiger partial charge < -0.3 is 23.8 Å². The van der Waals surface area contributed by atoms with E-state index in [0.717, 1.165) is 48.0 Å². The van der Waals surface area contributed by atoms with Crippen LogP contribution in [0, 0.1) is 13.8 Å². The fourth-order valence-electron chi connectivity index (χ4n) is 4.37. The second-order valence-corrected chi connectivity index (χ2v) is 7.74. The van der Waals surface area contributed by atoms with Crippen molar-refractivity contribution in [2.24, 2.45) is 0 Å². The van der Waals surface area contributed by atoms with E-state index in [4.69, 9.17) is 9.47 Å². The Morgan fingerprint density at radius 1 is 1.03 bits per heavy atom. The van der Waals surface area contributed by atoms with E-state index < -0.39 is 0 Å². The molecule has 2 aromatic rings. The fourth-order valence-corrected chi connectivity index (χ4v) is 4.37. The van der Waals surface area contributed by atoms with Crippen molar-refractivity contribution in [2.75, 3.05) is 44.8 Å². The Morgan fingerprint density at radius 2 is 1.72 bits per heavy atom. The van der Waals surface area contributed by atoms with Gasteiger partial charge in [-0.05, 0) is 45.9 Å². The second kappa shape index (κ2) is 10.4. The van der Waals surface area contributed by atoms with E-state index in [1.807, 2.05) is 49.9 Å². The first-order chi connectivity index (χ1) is 15.4. The standard InChI is InChI=1S/C25H33N3O4/c1-6-28-18(3)20(24(19(28)4)25(30)32-7-2)12-13-23(29)27-16-14-26(15-17-27)21-10-8-9-11-22(21)31-5/h8-13H,6-7,14-17H2,1-5H3/b13-12+. The smallest absolute Gasteiger partial charge is 0.340 e. The van der Waals surface area contributed by atoms with Crippen molar-refractivity contribution >= 4 is 23.6 Å². The summed E-state index contributed by atoms with van der Waals surface area (Å²) in [5.41, 5.74) is 4.16. The number of rotatable bonds is 7. The number of ether oxygens (including phenoxy) is 2. The van der Waals surface area contributed by atoms with E-state index >= 15 is 0 Å². The largest absolute Gasteiger partial charge is 0.495 e. The topological polar surface area (TPSA) is 64.0 Å². The Morgan fingerprint density at radius 3 is 2.34 bits per heavy atom. The SMILES string of the molecule is CCOC(=O)c1c(/C=C/C(=O)N2CCN(c3ccccc3OC)CC2)c(C)n(CC)c1C. The first-order valence-corrected chi connectivity index (χ1v) is 11.1. The van der Waals surface area contributed by atoms with Gasteiger partial charge in [0.25, 0.3) is 0 Å². The highest BCUT2D eigenvalue weighted by molar-refractivity contribution is 5.99. The van der Waals surface area contributed by atoms with Crippen LogP contribution in [0.1, 0.15) is 41.2 Å². The monoisotopic (exact) mass is 439 g/mol. The van der Waals surface area contributed by atoms with Crippen LogP contribution in [0.25, 0.3) is 6.08 Å². The third kappa shape index (κ3) is 4.66. The Labute approximate surface area is 190 Å². The number of hydrogen-bond donors (Lipinski definition) is 0. The Hall–Kier alpha value is -3.22. The summed E-state index contributed by atoms with van der Waals surface area (Å²) in [4.78, 5) is 29.5. The summed E-state index contributed by atoms with van der Waals surface area (Å²) in [6, 6.07) is 7.93. The Balaban J connectivity index is 1.73. The number of nitrogens with zero attached hydrogens (tertiary/aromatic N) is 3. The summed E-state index contributed by atoms with van der Waals surface area (Å²) >= 11 is 0. The summed E-state index contributed by atoms with van der Waals surface area (Å²) in [5.74, 6) is 0.434. The Kier molecular flexibility index (Phi) is 7.62. The van der Waals surface area contributed by atoms with Crippen LogP contribution >= 0.6 is 0 Å². The van der Waals surface area contributed by atoms with E-state index in [9.17, 15) is 9.59 Å². The number of benzene rings is 1. The number of carbonyl (C=O) groups is 2. The number of hydrogen-bond acceptors (Lipinski definition) is 5. The normalized spacial score (nSPS) is 14.2. The summed E-state index contributed by atoms with van der Waals surface area (Å²) < 4.78 is 12.8. The molecule has 7 nitrogen and oxygen atoms in total. The number of amides is 1. The molecule has 172 valence electrons. The van der Waals surface area contributed by atoms with Crippen molar-refractivity contribution in [3.63, 3.8) is 0 Å². The lowest BCUT2D eigenvalue weighted by atomic mass is 10.1. The highest BCUT2D eigenvalue weighted by Crippen LogP contribution is 2.29. The molecule has 1 fully saturated rings. The molecule has 0 aliphatic carbocycles. The van der Waals surface area contributed by atoms with Crippen molar-refractivity contribution in [1.29, 1.82) is 0 Å². The molecule has 2 heterocycles. The van der Waals surface area contributed by atoms with E-state index in [2.05, 4.69) is 9.47 Å². The molecule has 1 saturated heterocycles. The Bertz CT molecular complexity index is 1000. The lowest BCUT2D eigenvalue weighted by Gasteiger charge is -2.36. The fraction of sp³-hybridized carbons (Fsp3) is 0.440. The van der Waals surface area contributed by atoms with Gasteiger partial charge in [0.05, 0.1) is 25.0 Å². The number of methoxy groups -OCH3 is 1. The van der Waals surface area contributed by atoms with Gasteiger partial charge >= 0.3 is 5.97 Å². The maximum atomic E-state index is 12.9. The molecular formula is C25H33N3O4. The minimum atomic E-state index is -0.349. The van der Waals surface area contributed by atoms with Gasteiger partial charge in [0, 0.05) is 55.8 Å². The maximum absolute atomic E-state index is 12.9.